The summed E-state index contributed by atoms with van der Waals surface area (Å²) in [4.78, 5) is 26.0. The summed E-state index contributed by atoms with van der Waals surface area (Å²) in [7, 11) is 1.52. The standard InChI is InChI=1S/C19H21FN2O3/c1-3-22(19(24)12-14-8-4-5-9-15(14)20)13-18(23)21-16-10-6-7-11-17(16)25-2/h4-11H,3,12-13H2,1-2H3,(H,21,23). The van der Waals surface area contributed by atoms with Crippen molar-refractivity contribution >= 4 is 17.5 Å². The summed E-state index contributed by atoms with van der Waals surface area (Å²) in [6.45, 7) is 2.02. The number of nitrogens with zero attached hydrogens (tertiary/aromatic N) is 1. The molecule has 0 heterocycles. The van der Waals surface area contributed by atoms with Crippen molar-refractivity contribution in [3.8, 4) is 5.75 Å². The average Bonchev–Trinajstić information content (AvgIpc) is 2.62. The summed E-state index contributed by atoms with van der Waals surface area (Å²) in [6.07, 6.45) is -0.0809. The maximum Gasteiger partial charge on any atom is 0.244 e. The summed E-state index contributed by atoms with van der Waals surface area (Å²) in [5.41, 5.74) is 0.851. The van der Waals surface area contributed by atoms with Gasteiger partial charge in [0.05, 0.1) is 25.8 Å². The van der Waals surface area contributed by atoms with Crippen LogP contribution in [0.5, 0.6) is 5.75 Å². The molecule has 132 valence electrons. The molecule has 0 saturated heterocycles. The van der Waals surface area contributed by atoms with Crippen LogP contribution in [0.1, 0.15) is 12.5 Å². The van der Waals surface area contributed by atoms with Crippen molar-refractivity contribution < 1.29 is 18.7 Å². The number of hydrogen-bond donors (Lipinski definition) is 1. The van der Waals surface area contributed by atoms with E-state index in [2.05, 4.69) is 5.32 Å². The molecule has 2 aromatic rings. The molecule has 0 saturated carbocycles. The van der Waals surface area contributed by atoms with Gasteiger partial charge in [0, 0.05) is 6.54 Å². The van der Waals surface area contributed by atoms with Crippen LogP contribution in [0, 0.1) is 5.82 Å². The molecule has 2 rings (SSSR count). The normalized spacial score (nSPS) is 10.2. The smallest absolute Gasteiger partial charge is 0.244 e. The Morgan fingerprint density at radius 2 is 1.80 bits per heavy atom. The van der Waals surface area contributed by atoms with Crippen molar-refractivity contribution in [1.82, 2.24) is 4.90 Å². The van der Waals surface area contributed by atoms with Crippen molar-refractivity contribution in [1.29, 1.82) is 0 Å². The number of ether oxygens (including phenoxy) is 1. The highest BCUT2D eigenvalue weighted by Gasteiger charge is 2.18. The van der Waals surface area contributed by atoms with E-state index in [0.717, 1.165) is 0 Å². The van der Waals surface area contributed by atoms with Gasteiger partial charge in [-0.3, -0.25) is 9.59 Å². The quantitative estimate of drug-likeness (QED) is 0.840. The maximum absolute atomic E-state index is 13.7. The summed E-state index contributed by atoms with van der Waals surface area (Å²) in [5.74, 6) is -0.530. The van der Waals surface area contributed by atoms with Gasteiger partial charge in [-0.25, -0.2) is 4.39 Å². The van der Waals surface area contributed by atoms with E-state index in [9.17, 15) is 14.0 Å². The zero-order valence-corrected chi connectivity index (χ0v) is 14.3. The van der Waals surface area contributed by atoms with Crippen molar-refractivity contribution in [2.45, 2.75) is 13.3 Å². The Hall–Kier alpha value is -2.89. The third kappa shape index (κ3) is 5.04. The fourth-order valence-electron chi connectivity index (χ4n) is 2.40. The number of carbonyl (C=O) groups excluding carboxylic acids is 2. The number of benzene rings is 2. The number of para-hydroxylation sites is 2. The highest BCUT2D eigenvalue weighted by Crippen LogP contribution is 2.22. The molecule has 0 spiro atoms. The second-order valence-electron chi connectivity index (χ2n) is 5.42. The number of likely N-dealkylation sites (N-methyl/N-ethyl adjacent to an activating group) is 1. The molecule has 0 bridgehead atoms. The Balaban J connectivity index is 1.99. The highest BCUT2D eigenvalue weighted by atomic mass is 19.1. The highest BCUT2D eigenvalue weighted by molar-refractivity contribution is 5.95. The van der Waals surface area contributed by atoms with E-state index in [1.165, 1.54) is 18.1 Å². The van der Waals surface area contributed by atoms with Crippen LogP contribution in [0.3, 0.4) is 0 Å². The Labute approximate surface area is 146 Å². The molecular formula is C19H21FN2O3. The van der Waals surface area contributed by atoms with E-state index in [-0.39, 0.29) is 24.8 Å². The first-order valence-corrected chi connectivity index (χ1v) is 7.99. The molecule has 5 nitrogen and oxygen atoms in total. The Kier molecular flexibility index (Phi) is 6.51. The largest absolute Gasteiger partial charge is 0.495 e. The second kappa shape index (κ2) is 8.82. The zero-order valence-electron chi connectivity index (χ0n) is 14.3. The summed E-state index contributed by atoms with van der Waals surface area (Å²) in [6, 6.07) is 13.1. The minimum Gasteiger partial charge on any atom is -0.495 e. The molecule has 0 fully saturated rings. The lowest BCUT2D eigenvalue weighted by atomic mass is 10.1. The monoisotopic (exact) mass is 344 g/mol. The van der Waals surface area contributed by atoms with E-state index >= 15 is 0 Å². The van der Waals surface area contributed by atoms with Crippen LogP contribution in [-0.4, -0.2) is 36.9 Å². The molecule has 6 heteroatoms. The van der Waals surface area contributed by atoms with E-state index in [1.807, 2.05) is 0 Å². The lowest BCUT2D eigenvalue weighted by molar-refractivity contribution is -0.133. The molecule has 1 N–H and O–H groups in total. The topological polar surface area (TPSA) is 58.6 Å². The lowest BCUT2D eigenvalue weighted by Crippen LogP contribution is -2.38. The van der Waals surface area contributed by atoms with Gasteiger partial charge in [-0.05, 0) is 30.7 Å². The van der Waals surface area contributed by atoms with Crippen LogP contribution >= 0.6 is 0 Å². The van der Waals surface area contributed by atoms with E-state index in [0.29, 0.717) is 23.5 Å². The number of hydrogen-bond acceptors (Lipinski definition) is 3. The summed E-state index contributed by atoms with van der Waals surface area (Å²) in [5, 5.41) is 2.72. The lowest BCUT2D eigenvalue weighted by Gasteiger charge is -2.21. The van der Waals surface area contributed by atoms with Crippen molar-refractivity contribution in [3.05, 3.63) is 59.9 Å². The van der Waals surface area contributed by atoms with Crippen molar-refractivity contribution in [3.63, 3.8) is 0 Å². The van der Waals surface area contributed by atoms with Gasteiger partial charge in [0.25, 0.3) is 0 Å². The predicted molar refractivity (Wildman–Crippen MR) is 94.0 cm³/mol. The molecule has 2 amide bonds. The number of carbonyl (C=O) groups is 2. The SMILES string of the molecule is CCN(CC(=O)Nc1ccccc1OC)C(=O)Cc1ccccc1F. The van der Waals surface area contributed by atoms with E-state index in [1.54, 1.807) is 49.4 Å². The third-order valence-corrected chi connectivity index (χ3v) is 3.75. The minimum absolute atomic E-state index is 0.0809. The Bertz CT molecular complexity index is 749. The van der Waals surface area contributed by atoms with Gasteiger partial charge in [0.1, 0.15) is 11.6 Å². The first-order chi connectivity index (χ1) is 12.0. The summed E-state index contributed by atoms with van der Waals surface area (Å²) >= 11 is 0. The molecule has 0 unspecified atom stereocenters. The van der Waals surface area contributed by atoms with Crippen LogP contribution in [0.4, 0.5) is 10.1 Å². The maximum atomic E-state index is 13.7. The molecule has 0 aliphatic carbocycles. The van der Waals surface area contributed by atoms with Crippen molar-refractivity contribution in [2.75, 3.05) is 25.5 Å². The van der Waals surface area contributed by atoms with Crippen LogP contribution in [0.15, 0.2) is 48.5 Å². The molecule has 25 heavy (non-hydrogen) atoms. The number of anilines is 1. The first kappa shape index (κ1) is 18.4. The van der Waals surface area contributed by atoms with Crippen molar-refractivity contribution in [2.24, 2.45) is 0 Å². The fraction of sp³-hybridized carbons (Fsp3) is 0.263. The molecule has 2 aromatic carbocycles. The number of amides is 2. The second-order valence-corrected chi connectivity index (χ2v) is 5.42. The molecule has 0 aliphatic heterocycles. The van der Waals surface area contributed by atoms with Gasteiger partial charge in [-0.15, -0.1) is 0 Å². The summed E-state index contributed by atoms with van der Waals surface area (Å²) < 4.78 is 18.9. The molecule has 0 aliphatic rings. The van der Waals surface area contributed by atoms with Gasteiger partial charge < -0.3 is 15.0 Å². The molecule has 0 radical (unpaired) electrons. The number of methoxy groups -OCH3 is 1. The zero-order chi connectivity index (χ0) is 18.2. The van der Waals surface area contributed by atoms with Crippen LogP contribution in [0.2, 0.25) is 0 Å². The van der Waals surface area contributed by atoms with Gasteiger partial charge in [0.15, 0.2) is 0 Å². The third-order valence-electron chi connectivity index (χ3n) is 3.75. The number of nitrogens with one attached hydrogen (secondary N) is 1. The molecule has 0 aromatic heterocycles. The predicted octanol–water partition coefficient (Wildman–Crippen LogP) is 2.86. The Morgan fingerprint density at radius 1 is 1.12 bits per heavy atom. The first-order valence-electron chi connectivity index (χ1n) is 7.99. The number of halogens is 1. The minimum atomic E-state index is -0.426. The average molecular weight is 344 g/mol. The van der Waals surface area contributed by atoms with Crippen LogP contribution in [-0.2, 0) is 16.0 Å². The van der Waals surface area contributed by atoms with Gasteiger partial charge in [-0.1, -0.05) is 30.3 Å². The van der Waals surface area contributed by atoms with Gasteiger partial charge in [-0.2, -0.15) is 0 Å². The van der Waals surface area contributed by atoms with Crippen LogP contribution < -0.4 is 10.1 Å². The Morgan fingerprint density at radius 3 is 2.48 bits per heavy atom. The van der Waals surface area contributed by atoms with E-state index < -0.39 is 5.82 Å². The van der Waals surface area contributed by atoms with E-state index in [4.69, 9.17) is 4.74 Å². The molecular weight excluding hydrogens is 323 g/mol. The van der Waals surface area contributed by atoms with Gasteiger partial charge >= 0.3 is 0 Å². The molecule has 0 atom stereocenters. The van der Waals surface area contributed by atoms with Gasteiger partial charge in [0.2, 0.25) is 11.8 Å². The fourth-order valence-corrected chi connectivity index (χ4v) is 2.40. The van der Waals surface area contributed by atoms with Crippen LogP contribution in [0.25, 0.3) is 0 Å². The number of rotatable bonds is 7.